The van der Waals surface area contributed by atoms with Gasteiger partial charge >= 0.3 is 5.97 Å². The van der Waals surface area contributed by atoms with Gasteiger partial charge in [-0.2, -0.15) is 0 Å². The highest BCUT2D eigenvalue weighted by atomic mass is 32.1. The maximum Gasteiger partial charge on any atom is 0.348 e. The molecule has 5 rings (SSSR count). The molecule has 1 atom stereocenters. The van der Waals surface area contributed by atoms with Crippen molar-refractivity contribution in [3.05, 3.63) is 76.1 Å². The summed E-state index contributed by atoms with van der Waals surface area (Å²) in [6, 6.07) is 11.4. The van der Waals surface area contributed by atoms with Gasteiger partial charge in [0.05, 0.1) is 0 Å². The summed E-state index contributed by atoms with van der Waals surface area (Å²) in [5.41, 5.74) is 2.58. The molecule has 1 aliphatic heterocycles. The van der Waals surface area contributed by atoms with Crippen LogP contribution < -0.4 is 10.6 Å². The molecule has 5 heterocycles. The van der Waals surface area contributed by atoms with Crippen LogP contribution in [0.1, 0.15) is 39.6 Å². The minimum atomic E-state index is -0.283. The Bertz CT molecular complexity index is 1320. The lowest BCUT2D eigenvalue weighted by Crippen LogP contribution is -2.27. The lowest BCUT2D eigenvalue weighted by molar-refractivity contribution is 0.0479. The van der Waals surface area contributed by atoms with E-state index in [1.54, 1.807) is 24.5 Å². The Labute approximate surface area is 207 Å². The van der Waals surface area contributed by atoms with Crippen molar-refractivity contribution in [1.29, 1.82) is 0 Å². The monoisotopic (exact) mass is 487 g/mol. The summed E-state index contributed by atoms with van der Waals surface area (Å²) in [6.07, 6.45) is 6.06. The van der Waals surface area contributed by atoms with E-state index in [2.05, 4.69) is 35.6 Å². The maximum atomic E-state index is 12.4. The molecule has 9 nitrogen and oxygen atoms in total. The highest BCUT2D eigenvalue weighted by Crippen LogP contribution is 2.20. The number of nitrogens with zero attached hydrogens (tertiary/aromatic N) is 5. The number of thiophene rings is 1. The fourth-order valence-corrected chi connectivity index (χ4v) is 4.61. The minimum Gasteiger partial charge on any atom is -0.460 e. The number of aryl methyl sites for hydroxylation is 1. The van der Waals surface area contributed by atoms with Crippen molar-refractivity contribution < 1.29 is 9.53 Å². The molecular weight excluding hydrogens is 462 g/mol. The Morgan fingerprint density at radius 2 is 2.00 bits per heavy atom. The Hall–Kier alpha value is -3.76. The van der Waals surface area contributed by atoms with Crippen LogP contribution in [0.15, 0.2) is 54.2 Å². The molecule has 178 valence electrons. The van der Waals surface area contributed by atoms with E-state index in [9.17, 15) is 4.79 Å². The molecule has 35 heavy (non-hydrogen) atoms. The number of hydrogen-bond acceptors (Lipinski definition) is 10. The van der Waals surface area contributed by atoms with E-state index in [-0.39, 0.29) is 12.0 Å². The summed E-state index contributed by atoms with van der Waals surface area (Å²) >= 11 is 1.38. The van der Waals surface area contributed by atoms with E-state index in [1.165, 1.54) is 11.3 Å². The number of nitrogens with one attached hydrogen (secondary N) is 2. The van der Waals surface area contributed by atoms with E-state index in [0.29, 0.717) is 46.9 Å². The van der Waals surface area contributed by atoms with E-state index < -0.39 is 0 Å². The van der Waals surface area contributed by atoms with Crippen molar-refractivity contribution in [2.75, 3.05) is 18.5 Å². The van der Waals surface area contributed by atoms with E-state index in [1.807, 2.05) is 36.6 Å². The number of esters is 1. The second-order valence-electron chi connectivity index (χ2n) is 8.30. The molecule has 1 fully saturated rings. The highest BCUT2D eigenvalue weighted by Gasteiger charge is 2.18. The summed E-state index contributed by atoms with van der Waals surface area (Å²) in [5.74, 6) is 2.12. The fourth-order valence-electron chi connectivity index (χ4n) is 3.81. The second-order valence-corrected chi connectivity index (χ2v) is 9.21. The van der Waals surface area contributed by atoms with Crippen molar-refractivity contribution in [3.8, 4) is 11.5 Å². The topological polar surface area (TPSA) is 115 Å². The second kappa shape index (κ2) is 10.7. The third kappa shape index (κ3) is 6.03. The molecule has 0 aromatic carbocycles. The van der Waals surface area contributed by atoms with Gasteiger partial charge in [0.2, 0.25) is 0 Å². The van der Waals surface area contributed by atoms with Gasteiger partial charge in [-0.05, 0) is 67.6 Å². The first-order valence-electron chi connectivity index (χ1n) is 11.5. The molecule has 4 aromatic heterocycles. The summed E-state index contributed by atoms with van der Waals surface area (Å²) in [4.78, 5) is 35.3. The first-order chi connectivity index (χ1) is 17.1. The van der Waals surface area contributed by atoms with E-state index in [0.717, 1.165) is 30.6 Å². The molecule has 0 radical (unpaired) electrons. The van der Waals surface area contributed by atoms with Crippen LogP contribution in [0.5, 0.6) is 0 Å². The number of carbonyl (C=O) groups excluding carboxylic acids is 1. The van der Waals surface area contributed by atoms with E-state index >= 15 is 0 Å². The Kier molecular flexibility index (Phi) is 7.01. The summed E-state index contributed by atoms with van der Waals surface area (Å²) in [6.45, 7) is 3.33. The third-order valence-corrected chi connectivity index (χ3v) is 6.49. The third-order valence-electron chi connectivity index (χ3n) is 5.53. The van der Waals surface area contributed by atoms with Crippen LogP contribution in [0.2, 0.25) is 0 Å². The lowest BCUT2D eigenvalue weighted by Gasteiger charge is -2.09. The van der Waals surface area contributed by atoms with Gasteiger partial charge < -0.3 is 15.4 Å². The summed E-state index contributed by atoms with van der Waals surface area (Å²) in [7, 11) is 0. The van der Waals surface area contributed by atoms with Crippen LogP contribution in [0, 0.1) is 6.92 Å². The minimum absolute atomic E-state index is 0.265. The van der Waals surface area contributed by atoms with Gasteiger partial charge in [0.1, 0.15) is 34.6 Å². The van der Waals surface area contributed by atoms with Crippen LogP contribution >= 0.6 is 11.3 Å². The van der Waals surface area contributed by atoms with E-state index in [4.69, 9.17) is 4.74 Å². The van der Waals surface area contributed by atoms with Gasteiger partial charge in [-0.15, -0.1) is 11.3 Å². The van der Waals surface area contributed by atoms with Crippen LogP contribution in [0.25, 0.3) is 11.5 Å². The van der Waals surface area contributed by atoms with Crippen molar-refractivity contribution in [1.82, 2.24) is 30.2 Å². The molecule has 1 saturated heterocycles. The summed E-state index contributed by atoms with van der Waals surface area (Å²) < 4.78 is 5.46. The SMILES string of the molecule is Cc1cccc(-c2nccc(Nc3ccnc(Cc4csc(C(=O)OC[C@H]5CCCN5)c4)n3)n2)n1. The van der Waals surface area contributed by atoms with Crippen molar-refractivity contribution in [2.45, 2.75) is 32.2 Å². The Morgan fingerprint density at radius 1 is 1.14 bits per heavy atom. The van der Waals surface area contributed by atoms with Gasteiger partial charge in [-0.3, -0.25) is 0 Å². The molecule has 4 aromatic rings. The normalized spacial score (nSPS) is 15.2. The Balaban J connectivity index is 1.22. The van der Waals surface area contributed by atoms with Crippen LogP contribution in [-0.2, 0) is 11.2 Å². The zero-order valence-corrected chi connectivity index (χ0v) is 20.1. The number of aromatic nitrogens is 5. The van der Waals surface area contributed by atoms with Crippen molar-refractivity contribution in [3.63, 3.8) is 0 Å². The van der Waals surface area contributed by atoms with Gasteiger partial charge in [0.25, 0.3) is 0 Å². The first kappa shape index (κ1) is 23.0. The molecule has 10 heteroatoms. The van der Waals surface area contributed by atoms with Crippen molar-refractivity contribution >= 4 is 28.9 Å². The zero-order valence-electron chi connectivity index (χ0n) is 19.3. The first-order valence-corrected chi connectivity index (χ1v) is 12.3. The highest BCUT2D eigenvalue weighted by molar-refractivity contribution is 7.12. The van der Waals surface area contributed by atoms with Crippen LogP contribution in [-0.4, -0.2) is 50.1 Å². The number of rotatable bonds is 8. The maximum absolute atomic E-state index is 12.4. The molecule has 0 bridgehead atoms. The molecule has 2 N–H and O–H groups in total. The number of hydrogen-bond donors (Lipinski definition) is 2. The van der Waals surface area contributed by atoms with Crippen molar-refractivity contribution in [2.24, 2.45) is 0 Å². The predicted molar refractivity (Wildman–Crippen MR) is 134 cm³/mol. The average Bonchev–Trinajstić information content (AvgIpc) is 3.56. The molecule has 0 aliphatic carbocycles. The molecule has 0 saturated carbocycles. The zero-order chi connectivity index (χ0) is 24.0. The number of pyridine rings is 1. The smallest absolute Gasteiger partial charge is 0.348 e. The molecular formula is C25H25N7O2S. The van der Waals surface area contributed by atoms with Crippen LogP contribution in [0.4, 0.5) is 11.6 Å². The molecule has 1 aliphatic rings. The van der Waals surface area contributed by atoms with Gasteiger partial charge in [-0.1, -0.05) is 6.07 Å². The summed E-state index contributed by atoms with van der Waals surface area (Å²) in [5, 5.41) is 8.49. The number of anilines is 2. The molecule has 0 amide bonds. The average molecular weight is 488 g/mol. The Morgan fingerprint density at radius 3 is 2.83 bits per heavy atom. The fraction of sp³-hybridized carbons (Fsp3) is 0.280. The lowest BCUT2D eigenvalue weighted by atomic mass is 10.2. The molecule has 0 spiro atoms. The van der Waals surface area contributed by atoms with Gasteiger partial charge in [0.15, 0.2) is 5.82 Å². The van der Waals surface area contributed by atoms with Gasteiger partial charge in [-0.25, -0.2) is 29.7 Å². The largest absolute Gasteiger partial charge is 0.460 e. The van der Waals surface area contributed by atoms with Crippen LogP contribution in [0.3, 0.4) is 0 Å². The number of carbonyl (C=O) groups is 1. The van der Waals surface area contributed by atoms with Gasteiger partial charge in [0, 0.05) is 30.6 Å². The predicted octanol–water partition coefficient (Wildman–Crippen LogP) is 3.94. The standard InChI is InChI=1S/C25H25N7O2S/c1-16-4-2-6-19(29-16)24-28-11-8-22(32-24)30-21-7-10-27-23(31-21)13-17-12-20(35-15-17)25(33)34-14-18-5-3-9-26-18/h2,4,6-8,10-12,15,18,26H,3,5,9,13-14H2,1H3,(H,27,28,30,31,32)/t18-/m1/s1. The molecule has 0 unspecified atom stereocenters. The number of ether oxygens (including phenoxy) is 1. The quantitative estimate of drug-likeness (QED) is 0.357.